The minimum Gasteiger partial charge on any atom is -0.326 e. The molecule has 2 aromatic rings. The molecule has 104 valence electrons. The van der Waals surface area contributed by atoms with Crippen LogP contribution in [-0.2, 0) is 4.79 Å². The van der Waals surface area contributed by atoms with Crippen molar-refractivity contribution in [2.45, 2.75) is 26.2 Å². The van der Waals surface area contributed by atoms with Gasteiger partial charge in [0.25, 0.3) is 0 Å². The van der Waals surface area contributed by atoms with Gasteiger partial charge in [-0.1, -0.05) is 53.2 Å². The van der Waals surface area contributed by atoms with E-state index < -0.39 is 0 Å². The topological polar surface area (TPSA) is 29.1 Å². The van der Waals surface area contributed by atoms with Crippen LogP contribution in [0.1, 0.15) is 30.4 Å². The van der Waals surface area contributed by atoms with Crippen LogP contribution in [0.5, 0.6) is 0 Å². The molecule has 20 heavy (non-hydrogen) atoms. The predicted molar refractivity (Wildman–Crippen MR) is 87.0 cm³/mol. The molecule has 1 N–H and O–H groups in total. The highest BCUT2D eigenvalue weighted by Gasteiger charge is 2.12. The molecule has 2 aromatic carbocycles. The predicted octanol–water partition coefficient (Wildman–Crippen LogP) is 4.89. The van der Waals surface area contributed by atoms with Gasteiger partial charge >= 0.3 is 0 Å². The van der Waals surface area contributed by atoms with Crippen LogP contribution in [0.2, 0.25) is 0 Å². The van der Waals surface area contributed by atoms with Crippen molar-refractivity contribution in [1.29, 1.82) is 0 Å². The number of carbonyl (C=O) groups excluding carboxylic acids is 1. The van der Waals surface area contributed by atoms with Crippen molar-refractivity contribution in [3.63, 3.8) is 0 Å². The van der Waals surface area contributed by atoms with Gasteiger partial charge in [0, 0.05) is 16.6 Å². The maximum absolute atomic E-state index is 12.1. The van der Waals surface area contributed by atoms with Crippen LogP contribution in [0.4, 0.5) is 5.69 Å². The van der Waals surface area contributed by atoms with E-state index in [1.54, 1.807) is 0 Å². The fraction of sp³-hybridized carbons (Fsp3) is 0.235. The lowest BCUT2D eigenvalue weighted by Gasteiger charge is -2.13. The van der Waals surface area contributed by atoms with Crippen molar-refractivity contribution < 1.29 is 4.79 Å². The highest BCUT2D eigenvalue weighted by Crippen LogP contribution is 2.22. The van der Waals surface area contributed by atoms with E-state index in [1.165, 1.54) is 5.56 Å². The van der Waals surface area contributed by atoms with E-state index in [1.807, 2.05) is 43.3 Å². The van der Waals surface area contributed by atoms with Crippen LogP contribution in [0.3, 0.4) is 0 Å². The number of amides is 1. The summed E-state index contributed by atoms with van der Waals surface area (Å²) < 4.78 is 1.02. The third-order valence-corrected chi connectivity index (χ3v) is 3.82. The second kappa shape index (κ2) is 6.71. The van der Waals surface area contributed by atoms with Gasteiger partial charge in [-0.2, -0.15) is 0 Å². The van der Waals surface area contributed by atoms with Crippen LogP contribution >= 0.6 is 15.9 Å². The summed E-state index contributed by atoms with van der Waals surface area (Å²) in [5.74, 6) is 0.263. The number of nitrogens with one attached hydrogen (secondary N) is 1. The van der Waals surface area contributed by atoms with E-state index in [9.17, 15) is 4.79 Å². The summed E-state index contributed by atoms with van der Waals surface area (Å²) in [6.07, 6.45) is 0.486. The molecule has 0 aliphatic heterocycles. The quantitative estimate of drug-likeness (QED) is 0.849. The summed E-state index contributed by atoms with van der Waals surface area (Å²) >= 11 is 3.42. The van der Waals surface area contributed by atoms with Crippen molar-refractivity contribution in [2.75, 3.05) is 5.32 Å². The highest BCUT2D eigenvalue weighted by atomic mass is 79.9. The minimum absolute atomic E-state index is 0.0479. The van der Waals surface area contributed by atoms with Crippen molar-refractivity contribution in [3.05, 3.63) is 64.1 Å². The smallest absolute Gasteiger partial charge is 0.224 e. The number of rotatable bonds is 4. The Morgan fingerprint density at radius 2 is 1.90 bits per heavy atom. The Morgan fingerprint density at radius 1 is 1.20 bits per heavy atom. The first-order valence-electron chi connectivity index (χ1n) is 6.67. The Balaban J connectivity index is 1.99. The molecule has 3 heteroatoms. The maximum Gasteiger partial charge on any atom is 0.224 e. The van der Waals surface area contributed by atoms with Gasteiger partial charge in [0.2, 0.25) is 5.91 Å². The van der Waals surface area contributed by atoms with Gasteiger partial charge in [0.1, 0.15) is 0 Å². The molecule has 0 aliphatic carbocycles. The van der Waals surface area contributed by atoms with Gasteiger partial charge in [0.05, 0.1) is 0 Å². The third kappa shape index (κ3) is 3.94. The maximum atomic E-state index is 12.1. The summed E-state index contributed by atoms with van der Waals surface area (Å²) in [5, 5.41) is 2.98. The van der Waals surface area contributed by atoms with E-state index in [0.717, 1.165) is 15.7 Å². The Labute approximate surface area is 128 Å². The van der Waals surface area contributed by atoms with Gasteiger partial charge in [-0.3, -0.25) is 4.79 Å². The molecule has 0 fully saturated rings. The zero-order chi connectivity index (χ0) is 14.5. The standard InChI is InChI=1S/C17H18BrNO/c1-12(14-6-4-3-5-7-14)11-17(20)19-16-9-8-15(18)10-13(16)2/h3-10,12H,11H2,1-2H3,(H,19,20). The number of halogens is 1. The fourth-order valence-electron chi connectivity index (χ4n) is 2.15. The first-order chi connectivity index (χ1) is 9.56. The molecule has 0 saturated carbocycles. The summed E-state index contributed by atoms with van der Waals surface area (Å²) in [5.41, 5.74) is 3.12. The SMILES string of the molecule is Cc1cc(Br)ccc1NC(=O)CC(C)c1ccccc1. The van der Waals surface area contributed by atoms with E-state index >= 15 is 0 Å². The second-order valence-corrected chi connectivity index (χ2v) is 5.94. The number of benzene rings is 2. The Bertz CT molecular complexity index is 595. The van der Waals surface area contributed by atoms with E-state index in [-0.39, 0.29) is 11.8 Å². The average molecular weight is 332 g/mol. The molecule has 0 radical (unpaired) electrons. The van der Waals surface area contributed by atoms with Crippen LogP contribution in [0.15, 0.2) is 53.0 Å². The molecule has 1 unspecified atom stereocenters. The van der Waals surface area contributed by atoms with Gasteiger partial charge in [-0.25, -0.2) is 0 Å². The van der Waals surface area contributed by atoms with Crippen LogP contribution in [-0.4, -0.2) is 5.91 Å². The minimum atomic E-state index is 0.0479. The molecule has 0 spiro atoms. The molecule has 2 rings (SSSR count). The van der Waals surface area contributed by atoms with Crippen molar-refractivity contribution in [1.82, 2.24) is 0 Å². The second-order valence-electron chi connectivity index (χ2n) is 5.02. The lowest BCUT2D eigenvalue weighted by Crippen LogP contribution is -2.15. The van der Waals surface area contributed by atoms with Crippen LogP contribution < -0.4 is 5.32 Å². The monoisotopic (exact) mass is 331 g/mol. The normalized spacial score (nSPS) is 11.9. The Hall–Kier alpha value is -1.61. The summed E-state index contributed by atoms with van der Waals surface area (Å²) in [6, 6.07) is 16.0. The summed E-state index contributed by atoms with van der Waals surface area (Å²) in [6.45, 7) is 4.06. The van der Waals surface area contributed by atoms with Crippen LogP contribution in [0.25, 0.3) is 0 Å². The molecule has 0 saturated heterocycles. The average Bonchev–Trinajstić information content (AvgIpc) is 2.43. The number of aryl methyl sites for hydroxylation is 1. The molecule has 0 aromatic heterocycles. The highest BCUT2D eigenvalue weighted by molar-refractivity contribution is 9.10. The molecule has 1 amide bonds. The van der Waals surface area contributed by atoms with E-state index in [4.69, 9.17) is 0 Å². The van der Waals surface area contributed by atoms with Crippen molar-refractivity contribution >= 4 is 27.5 Å². The molecule has 2 nitrogen and oxygen atoms in total. The molecular weight excluding hydrogens is 314 g/mol. The first-order valence-corrected chi connectivity index (χ1v) is 7.46. The third-order valence-electron chi connectivity index (χ3n) is 3.32. The zero-order valence-corrected chi connectivity index (χ0v) is 13.3. The molecule has 0 bridgehead atoms. The number of hydrogen-bond donors (Lipinski definition) is 1. The number of anilines is 1. The molecular formula is C17H18BrNO. The lowest BCUT2D eigenvalue weighted by atomic mass is 9.97. The number of carbonyl (C=O) groups is 1. The van der Waals surface area contributed by atoms with Gasteiger partial charge in [-0.05, 0) is 42.2 Å². The molecule has 0 heterocycles. The fourth-order valence-corrected chi connectivity index (χ4v) is 2.62. The molecule has 0 aliphatic rings. The van der Waals surface area contributed by atoms with E-state index in [2.05, 4.69) is 40.3 Å². The Kier molecular flexibility index (Phi) is 4.96. The van der Waals surface area contributed by atoms with Gasteiger partial charge < -0.3 is 5.32 Å². The number of hydrogen-bond acceptors (Lipinski definition) is 1. The van der Waals surface area contributed by atoms with Gasteiger partial charge in [0.15, 0.2) is 0 Å². The van der Waals surface area contributed by atoms with Crippen molar-refractivity contribution in [3.8, 4) is 0 Å². The summed E-state index contributed by atoms with van der Waals surface area (Å²) in [7, 11) is 0. The molecule has 1 atom stereocenters. The lowest BCUT2D eigenvalue weighted by molar-refractivity contribution is -0.116. The summed E-state index contributed by atoms with van der Waals surface area (Å²) in [4.78, 5) is 12.1. The van der Waals surface area contributed by atoms with Crippen molar-refractivity contribution in [2.24, 2.45) is 0 Å². The van der Waals surface area contributed by atoms with E-state index in [0.29, 0.717) is 6.42 Å². The Morgan fingerprint density at radius 3 is 2.55 bits per heavy atom. The van der Waals surface area contributed by atoms with Crippen LogP contribution in [0, 0.1) is 6.92 Å². The first kappa shape index (κ1) is 14.8. The zero-order valence-electron chi connectivity index (χ0n) is 11.7. The largest absolute Gasteiger partial charge is 0.326 e. The van der Waals surface area contributed by atoms with Gasteiger partial charge in [-0.15, -0.1) is 0 Å².